The molecule has 0 unspecified atom stereocenters. The molecule has 0 atom stereocenters. The highest BCUT2D eigenvalue weighted by molar-refractivity contribution is 7.26. The van der Waals surface area contributed by atoms with Crippen LogP contribution in [-0.4, -0.2) is 0 Å². The van der Waals surface area contributed by atoms with Crippen LogP contribution >= 0.6 is 11.3 Å². The van der Waals surface area contributed by atoms with E-state index in [4.69, 9.17) is 0 Å². The molecule has 1 heterocycles. The zero-order valence-corrected chi connectivity index (χ0v) is 16.0. The number of benzene rings is 3. The van der Waals surface area contributed by atoms with Gasteiger partial charge < -0.3 is 5.32 Å². The lowest BCUT2D eigenvalue weighted by atomic mass is 10.0. The average molecular weight is 346 g/mol. The molecule has 1 aromatic heterocycles. The molecule has 3 aromatic carbocycles. The van der Waals surface area contributed by atoms with E-state index in [9.17, 15) is 0 Å². The van der Waals surface area contributed by atoms with Crippen molar-refractivity contribution in [2.24, 2.45) is 0 Å². The SMILES string of the molecule is Cc1ccc(Nc2cccc3c2sc2c(C(C)C)cccc23)c(C)c1. The molecule has 0 saturated carbocycles. The summed E-state index contributed by atoms with van der Waals surface area (Å²) in [7, 11) is 0. The number of nitrogens with one attached hydrogen (secondary N) is 1. The Labute approximate surface area is 153 Å². The molecule has 0 fully saturated rings. The van der Waals surface area contributed by atoms with E-state index in [0.29, 0.717) is 5.92 Å². The minimum absolute atomic E-state index is 0.535. The zero-order valence-electron chi connectivity index (χ0n) is 15.2. The lowest BCUT2D eigenvalue weighted by molar-refractivity contribution is 0.878. The summed E-state index contributed by atoms with van der Waals surface area (Å²) >= 11 is 1.91. The first kappa shape index (κ1) is 16.2. The van der Waals surface area contributed by atoms with Crippen LogP contribution in [0.2, 0.25) is 0 Å². The fraction of sp³-hybridized carbons (Fsp3) is 0.217. The maximum atomic E-state index is 3.66. The second-order valence-electron chi connectivity index (χ2n) is 7.11. The maximum absolute atomic E-state index is 3.66. The van der Waals surface area contributed by atoms with Crippen molar-refractivity contribution in [2.75, 3.05) is 5.32 Å². The van der Waals surface area contributed by atoms with E-state index in [1.165, 1.54) is 48.2 Å². The highest BCUT2D eigenvalue weighted by atomic mass is 32.1. The van der Waals surface area contributed by atoms with Gasteiger partial charge in [0.15, 0.2) is 0 Å². The average Bonchev–Trinajstić information content (AvgIpc) is 2.97. The van der Waals surface area contributed by atoms with Crippen molar-refractivity contribution in [2.45, 2.75) is 33.6 Å². The minimum atomic E-state index is 0.535. The Hall–Kier alpha value is -2.32. The van der Waals surface area contributed by atoms with E-state index in [2.05, 4.69) is 87.6 Å². The normalized spacial score (nSPS) is 11.6. The monoisotopic (exact) mass is 345 g/mol. The Kier molecular flexibility index (Phi) is 4.01. The molecule has 4 aromatic rings. The summed E-state index contributed by atoms with van der Waals surface area (Å²) in [5, 5.41) is 6.38. The molecule has 1 N–H and O–H groups in total. The van der Waals surface area contributed by atoms with Crippen molar-refractivity contribution in [3.63, 3.8) is 0 Å². The summed E-state index contributed by atoms with van der Waals surface area (Å²) in [6.07, 6.45) is 0. The number of hydrogen-bond donors (Lipinski definition) is 1. The largest absolute Gasteiger partial charge is 0.354 e. The molecule has 0 aliphatic carbocycles. The number of hydrogen-bond acceptors (Lipinski definition) is 2. The van der Waals surface area contributed by atoms with Crippen molar-refractivity contribution in [3.8, 4) is 0 Å². The van der Waals surface area contributed by atoms with Crippen LogP contribution in [0.15, 0.2) is 54.6 Å². The molecule has 0 radical (unpaired) electrons. The van der Waals surface area contributed by atoms with Gasteiger partial charge in [0.1, 0.15) is 0 Å². The molecule has 1 nitrogen and oxygen atoms in total. The highest BCUT2D eigenvalue weighted by Crippen LogP contribution is 2.42. The third kappa shape index (κ3) is 2.81. The molecular formula is C23H23NS. The summed E-state index contributed by atoms with van der Waals surface area (Å²) in [6, 6.07) is 19.9. The van der Waals surface area contributed by atoms with Crippen LogP contribution < -0.4 is 5.32 Å². The first-order chi connectivity index (χ1) is 12.0. The van der Waals surface area contributed by atoms with Gasteiger partial charge in [0.2, 0.25) is 0 Å². The number of aryl methyl sites for hydroxylation is 2. The zero-order chi connectivity index (χ0) is 17.6. The van der Waals surface area contributed by atoms with Crippen LogP contribution in [0.1, 0.15) is 36.5 Å². The Morgan fingerprint density at radius 2 is 1.52 bits per heavy atom. The Balaban J connectivity index is 1.90. The molecule has 4 rings (SSSR count). The number of fused-ring (bicyclic) bond motifs is 3. The predicted molar refractivity (Wildman–Crippen MR) is 113 cm³/mol. The summed E-state index contributed by atoms with van der Waals surface area (Å²) in [5.74, 6) is 0.535. The highest BCUT2D eigenvalue weighted by Gasteiger charge is 2.13. The smallest absolute Gasteiger partial charge is 0.0590 e. The van der Waals surface area contributed by atoms with Gasteiger partial charge in [0, 0.05) is 21.2 Å². The standard InChI is InChI=1S/C23H23NS/c1-14(2)17-7-5-8-18-19-9-6-10-21(23(19)25-22(17)18)24-20-12-11-15(3)13-16(20)4/h5-14,24H,1-4H3. The van der Waals surface area contributed by atoms with Gasteiger partial charge in [0.05, 0.1) is 10.4 Å². The van der Waals surface area contributed by atoms with E-state index in [-0.39, 0.29) is 0 Å². The van der Waals surface area contributed by atoms with E-state index < -0.39 is 0 Å². The Bertz CT molecular complexity index is 1070. The van der Waals surface area contributed by atoms with Crippen molar-refractivity contribution in [1.29, 1.82) is 0 Å². The van der Waals surface area contributed by atoms with Gasteiger partial charge >= 0.3 is 0 Å². The van der Waals surface area contributed by atoms with E-state index >= 15 is 0 Å². The summed E-state index contributed by atoms with van der Waals surface area (Å²) in [6.45, 7) is 8.84. The molecular weight excluding hydrogens is 322 g/mol. The third-order valence-electron chi connectivity index (χ3n) is 4.83. The summed E-state index contributed by atoms with van der Waals surface area (Å²) in [5.41, 5.74) is 6.39. The molecule has 0 saturated heterocycles. The first-order valence-corrected chi connectivity index (χ1v) is 9.64. The van der Waals surface area contributed by atoms with Crippen molar-refractivity contribution >= 4 is 42.9 Å². The molecule has 126 valence electrons. The van der Waals surface area contributed by atoms with Crippen LogP contribution in [-0.2, 0) is 0 Å². The molecule has 25 heavy (non-hydrogen) atoms. The van der Waals surface area contributed by atoms with Gasteiger partial charge in [-0.05, 0) is 43.0 Å². The third-order valence-corrected chi connectivity index (χ3v) is 6.13. The minimum Gasteiger partial charge on any atom is -0.354 e. The second kappa shape index (κ2) is 6.20. The molecule has 2 heteroatoms. The molecule has 0 aliphatic rings. The van der Waals surface area contributed by atoms with E-state index in [1.807, 2.05) is 11.3 Å². The van der Waals surface area contributed by atoms with Crippen molar-refractivity contribution in [3.05, 3.63) is 71.3 Å². The van der Waals surface area contributed by atoms with Gasteiger partial charge in [0.25, 0.3) is 0 Å². The number of anilines is 2. The van der Waals surface area contributed by atoms with Crippen LogP contribution in [0.4, 0.5) is 11.4 Å². The quantitative estimate of drug-likeness (QED) is 0.404. The van der Waals surface area contributed by atoms with E-state index in [1.54, 1.807) is 0 Å². The van der Waals surface area contributed by atoms with Crippen LogP contribution in [0.5, 0.6) is 0 Å². The summed E-state index contributed by atoms with van der Waals surface area (Å²) < 4.78 is 2.76. The lowest BCUT2D eigenvalue weighted by Crippen LogP contribution is -1.93. The van der Waals surface area contributed by atoms with Gasteiger partial charge in [-0.2, -0.15) is 0 Å². The van der Waals surface area contributed by atoms with Crippen molar-refractivity contribution < 1.29 is 0 Å². The van der Waals surface area contributed by atoms with Crippen LogP contribution in [0.3, 0.4) is 0 Å². The fourth-order valence-corrected chi connectivity index (χ4v) is 4.92. The lowest BCUT2D eigenvalue weighted by Gasteiger charge is -2.11. The molecule has 0 aliphatic heterocycles. The topological polar surface area (TPSA) is 12.0 Å². The van der Waals surface area contributed by atoms with Gasteiger partial charge in [-0.3, -0.25) is 0 Å². The van der Waals surface area contributed by atoms with Crippen LogP contribution in [0, 0.1) is 13.8 Å². The Morgan fingerprint density at radius 3 is 2.24 bits per heavy atom. The van der Waals surface area contributed by atoms with Gasteiger partial charge in [-0.25, -0.2) is 0 Å². The number of thiophene rings is 1. The van der Waals surface area contributed by atoms with Crippen LogP contribution in [0.25, 0.3) is 20.2 Å². The number of rotatable bonds is 3. The van der Waals surface area contributed by atoms with Gasteiger partial charge in [-0.15, -0.1) is 11.3 Å². The van der Waals surface area contributed by atoms with E-state index in [0.717, 1.165) is 0 Å². The van der Waals surface area contributed by atoms with Crippen molar-refractivity contribution in [1.82, 2.24) is 0 Å². The maximum Gasteiger partial charge on any atom is 0.0590 e. The first-order valence-electron chi connectivity index (χ1n) is 8.83. The molecule has 0 amide bonds. The fourth-order valence-electron chi connectivity index (χ4n) is 3.49. The molecule has 0 bridgehead atoms. The summed E-state index contributed by atoms with van der Waals surface area (Å²) in [4.78, 5) is 0. The second-order valence-corrected chi connectivity index (χ2v) is 8.13. The Morgan fingerprint density at radius 1 is 0.800 bits per heavy atom. The van der Waals surface area contributed by atoms with Gasteiger partial charge in [-0.1, -0.05) is 61.9 Å². The predicted octanol–water partition coefficient (Wildman–Crippen LogP) is 7.54. The molecule has 0 spiro atoms.